The molecule has 4 heterocycles. The van der Waals surface area contributed by atoms with Crippen molar-refractivity contribution in [3.63, 3.8) is 0 Å². The number of fused-ring (bicyclic) bond motifs is 1. The smallest absolute Gasteiger partial charge is 0.140 e. The monoisotopic (exact) mass is 445 g/mol. The minimum atomic E-state index is -0.599. The van der Waals surface area contributed by atoms with Gasteiger partial charge in [0.25, 0.3) is 0 Å². The second kappa shape index (κ2) is 9.02. The molecule has 3 aromatic heterocycles. The Balaban J connectivity index is 1.66. The number of hydrogen-bond acceptors (Lipinski definition) is 7. The van der Waals surface area contributed by atoms with Crippen LogP contribution in [0.15, 0.2) is 30.6 Å². The van der Waals surface area contributed by atoms with Crippen molar-refractivity contribution in [2.24, 2.45) is 0 Å². The second-order valence-electron chi connectivity index (χ2n) is 8.72. The lowest BCUT2D eigenvalue weighted by atomic mass is 10.1. The standard InChI is InChI=1S/C22H31N5O3S/c1-16-14-29-10-9-26(16)20-13-19(28)17-5-7-23-22(21(17)25-20)18-6-8-24-27(18)15-30-11-12-31(2,3)4/h5-8,13,16H,9-12,14-15H2,1-4H3,(H,25,28)/t16-/m1/s1. The third kappa shape index (κ3) is 4.94. The van der Waals surface area contributed by atoms with Gasteiger partial charge in [0.05, 0.1) is 31.6 Å². The molecule has 0 spiro atoms. The van der Waals surface area contributed by atoms with E-state index >= 15 is 0 Å². The van der Waals surface area contributed by atoms with E-state index in [2.05, 4.69) is 40.7 Å². The Labute approximate surface area is 184 Å². The van der Waals surface area contributed by atoms with Gasteiger partial charge in [-0.05, 0) is 37.8 Å². The molecule has 4 rings (SSSR count). The van der Waals surface area contributed by atoms with E-state index in [1.807, 2.05) is 6.07 Å². The van der Waals surface area contributed by atoms with Gasteiger partial charge in [-0.2, -0.15) is 5.10 Å². The van der Waals surface area contributed by atoms with E-state index in [4.69, 9.17) is 14.5 Å². The van der Waals surface area contributed by atoms with Crippen LogP contribution in [0.3, 0.4) is 0 Å². The number of pyridine rings is 2. The van der Waals surface area contributed by atoms with Crippen LogP contribution in [-0.2, 0) is 16.2 Å². The molecule has 0 saturated carbocycles. The molecule has 0 radical (unpaired) electrons. The molecule has 0 aliphatic carbocycles. The van der Waals surface area contributed by atoms with Gasteiger partial charge in [-0.1, -0.05) is 0 Å². The summed E-state index contributed by atoms with van der Waals surface area (Å²) in [5.41, 5.74) is 2.14. The van der Waals surface area contributed by atoms with E-state index in [0.29, 0.717) is 43.1 Å². The maximum atomic E-state index is 10.7. The summed E-state index contributed by atoms with van der Waals surface area (Å²) in [6.07, 6.45) is 10.3. The van der Waals surface area contributed by atoms with Gasteiger partial charge in [0.1, 0.15) is 29.5 Å². The number of rotatable bonds is 7. The summed E-state index contributed by atoms with van der Waals surface area (Å²) in [4.78, 5) is 11.7. The first-order valence-corrected chi connectivity index (χ1v) is 13.5. The topological polar surface area (TPSA) is 85.5 Å². The SMILES string of the molecule is C[C@@H]1COCCN1c1cc(O)c2ccnc(-c3ccnn3COCCS(C)(C)C)c2n1. The first-order valence-electron chi connectivity index (χ1n) is 10.4. The predicted molar refractivity (Wildman–Crippen MR) is 126 cm³/mol. The van der Waals surface area contributed by atoms with Crippen molar-refractivity contribution in [2.45, 2.75) is 19.7 Å². The summed E-state index contributed by atoms with van der Waals surface area (Å²) in [7, 11) is -0.599. The molecular formula is C22H31N5O3S. The number of aromatic nitrogens is 4. The van der Waals surface area contributed by atoms with Gasteiger partial charge >= 0.3 is 0 Å². The van der Waals surface area contributed by atoms with Crippen LogP contribution >= 0.6 is 10.0 Å². The Bertz CT molecular complexity index is 1050. The van der Waals surface area contributed by atoms with Crippen molar-refractivity contribution in [3.05, 3.63) is 30.6 Å². The van der Waals surface area contributed by atoms with Crippen molar-refractivity contribution in [1.82, 2.24) is 19.7 Å². The van der Waals surface area contributed by atoms with Gasteiger partial charge in [0.15, 0.2) is 0 Å². The Hall–Kier alpha value is -2.36. The number of morpholine rings is 1. The van der Waals surface area contributed by atoms with Crippen LogP contribution in [0.2, 0.25) is 0 Å². The average Bonchev–Trinajstić information content (AvgIpc) is 3.19. The van der Waals surface area contributed by atoms with Crippen molar-refractivity contribution in [1.29, 1.82) is 0 Å². The zero-order valence-corrected chi connectivity index (χ0v) is 19.4. The number of nitrogens with zero attached hydrogens (tertiary/aromatic N) is 5. The van der Waals surface area contributed by atoms with Gasteiger partial charge in [-0.25, -0.2) is 19.7 Å². The molecule has 0 unspecified atom stereocenters. The number of anilines is 1. The predicted octanol–water partition coefficient (Wildman–Crippen LogP) is 3.09. The fourth-order valence-corrected chi connectivity index (χ4v) is 4.24. The Kier molecular flexibility index (Phi) is 6.36. The zero-order chi connectivity index (χ0) is 22.0. The Morgan fingerprint density at radius 3 is 2.87 bits per heavy atom. The molecule has 1 fully saturated rings. The molecule has 168 valence electrons. The lowest BCUT2D eigenvalue weighted by Crippen LogP contribution is -2.44. The molecule has 1 N–H and O–H groups in total. The van der Waals surface area contributed by atoms with Gasteiger partial charge in [0.2, 0.25) is 0 Å². The minimum Gasteiger partial charge on any atom is -0.507 e. The van der Waals surface area contributed by atoms with Crippen LogP contribution in [0.1, 0.15) is 6.92 Å². The summed E-state index contributed by atoms with van der Waals surface area (Å²) < 4.78 is 13.2. The van der Waals surface area contributed by atoms with E-state index in [1.165, 1.54) is 0 Å². The fourth-order valence-electron chi connectivity index (χ4n) is 3.62. The Morgan fingerprint density at radius 2 is 2.10 bits per heavy atom. The normalized spacial score (nSPS) is 17.9. The molecule has 1 aliphatic rings. The van der Waals surface area contributed by atoms with Crippen LogP contribution in [-0.4, -0.2) is 81.8 Å². The largest absolute Gasteiger partial charge is 0.507 e. The van der Waals surface area contributed by atoms with E-state index in [9.17, 15) is 5.11 Å². The van der Waals surface area contributed by atoms with E-state index < -0.39 is 10.0 Å². The van der Waals surface area contributed by atoms with Crippen molar-refractivity contribution in [2.75, 3.05) is 55.8 Å². The second-order valence-corrected chi connectivity index (χ2v) is 13.3. The molecule has 0 amide bonds. The van der Waals surface area contributed by atoms with Gasteiger partial charge in [-0.15, -0.1) is 0 Å². The Morgan fingerprint density at radius 1 is 1.26 bits per heavy atom. The van der Waals surface area contributed by atoms with Crippen molar-refractivity contribution >= 4 is 26.7 Å². The minimum absolute atomic E-state index is 0.182. The summed E-state index contributed by atoms with van der Waals surface area (Å²) >= 11 is 0. The highest BCUT2D eigenvalue weighted by Crippen LogP contribution is 2.35. The molecule has 3 aromatic rings. The van der Waals surface area contributed by atoms with Crippen LogP contribution in [0.25, 0.3) is 22.3 Å². The molecule has 31 heavy (non-hydrogen) atoms. The van der Waals surface area contributed by atoms with Crippen molar-refractivity contribution < 1.29 is 14.6 Å². The summed E-state index contributed by atoms with van der Waals surface area (Å²) in [6.45, 7) is 5.15. The lowest BCUT2D eigenvalue weighted by molar-refractivity contribution is 0.0821. The molecular weight excluding hydrogens is 414 g/mol. The molecule has 0 aromatic carbocycles. The maximum Gasteiger partial charge on any atom is 0.140 e. The lowest BCUT2D eigenvalue weighted by Gasteiger charge is -2.34. The van der Waals surface area contributed by atoms with E-state index in [-0.39, 0.29) is 11.8 Å². The van der Waals surface area contributed by atoms with Crippen LogP contribution < -0.4 is 4.90 Å². The van der Waals surface area contributed by atoms with E-state index in [0.717, 1.165) is 23.8 Å². The first kappa shape index (κ1) is 21.9. The van der Waals surface area contributed by atoms with Gasteiger partial charge in [-0.3, -0.25) is 4.98 Å². The number of ether oxygens (including phenoxy) is 2. The third-order valence-electron chi connectivity index (χ3n) is 5.37. The summed E-state index contributed by atoms with van der Waals surface area (Å²) in [5.74, 6) is 1.97. The maximum absolute atomic E-state index is 10.7. The molecule has 1 saturated heterocycles. The summed E-state index contributed by atoms with van der Waals surface area (Å²) in [5, 5.41) is 15.8. The highest BCUT2D eigenvalue weighted by molar-refractivity contribution is 8.32. The zero-order valence-electron chi connectivity index (χ0n) is 18.6. The first-order chi connectivity index (χ1) is 14.8. The third-order valence-corrected chi connectivity index (χ3v) is 6.76. The average molecular weight is 446 g/mol. The highest BCUT2D eigenvalue weighted by Gasteiger charge is 2.23. The van der Waals surface area contributed by atoms with Crippen LogP contribution in [0, 0.1) is 0 Å². The molecule has 1 atom stereocenters. The number of aromatic hydroxyl groups is 1. The van der Waals surface area contributed by atoms with E-state index in [1.54, 1.807) is 29.2 Å². The molecule has 9 heteroatoms. The highest BCUT2D eigenvalue weighted by atomic mass is 32.3. The molecule has 0 bridgehead atoms. The van der Waals surface area contributed by atoms with Crippen LogP contribution in [0.5, 0.6) is 5.75 Å². The van der Waals surface area contributed by atoms with Gasteiger partial charge in [0, 0.05) is 36.1 Å². The van der Waals surface area contributed by atoms with Crippen LogP contribution in [0.4, 0.5) is 5.82 Å². The summed E-state index contributed by atoms with van der Waals surface area (Å²) in [6, 6.07) is 5.60. The fraction of sp³-hybridized carbons (Fsp3) is 0.500. The number of hydrogen-bond donors (Lipinski definition) is 1. The molecule has 8 nitrogen and oxygen atoms in total. The quantitative estimate of drug-likeness (QED) is 0.559. The molecule has 1 aliphatic heterocycles. The van der Waals surface area contributed by atoms with Gasteiger partial charge < -0.3 is 19.5 Å². The van der Waals surface area contributed by atoms with Crippen molar-refractivity contribution in [3.8, 4) is 17.1 Å².